The zero-order valence-electron chi connectivity index (χ0n) is 18.7. The molecule has 0 atom stereocenters. The van der Waals surface area contributed by atoms with Crippen molar-refractivity contribution in [3.05, 3.63) is 95.1 Å². The normalized spacial score (nSPS) is 13.7. The zero-order chi connectivity index (χ0) is 24.3. The van der Waals surface area contributed by atoms with Crippen molar-refractivity contribution in [2.45, 2.75) is 18.4 Å². The number of nitrogens with zero attached hydrogens (tertiary/aromatic N) is 1. The molecule has 0 bridgehead atoms. The first-order chi connectivity index (χ1) is 16.4. The van der Waals surface area contributed by atoms with Crippen molar-refractivity contribution < 1.29 is 33.8 Å². The summed E-state index contributed by atoms with van der Waals surface area (Å²) >= 11 is 0. The highest BCUT2D eigenvalue weighted by Gasteiger charge is 2.36. The van der Waals surface area contributed by atoms with Crippen LogP contribution in [0.2, 0.25) is 0 Å². The van der Waals surface area contributed by atoms with Gasteiger partial charge in [0, 0.05) is 12.8 Å². The summed E-state index contributed by atoms with van der Waals surface area (Å²) < 4.78 is 10.5. The number of hydrogen-bond donors (Lipinski definition) is 1. The van der Waals surface area contributed by atoms with Crippen LogP contribution in [0.25, 0.3) is 0 Å². The van der Waals surface area contributed by atoms with Crippen LogP contribution in [-0.2, 0) is 20.0 Å². The fraction of sp³-hybridized carbons (Fsp3) is 0.192. The number of benzene rings is 3. The largest absolute Gasteiger partial charge is 0.497 e. The summed E-state index contributed by atoms with van der Waals surface area (Å²) in [5.74, 6) is -0.765. The number of aliphatic hydroxyl groups is 1. The lowest BCUT2D eigenvalue weighted by Crippen LogP contribution is -2.32. The maximum Gasteiger partial charge on any atom is 0.363 e. The van der Waals surface area contributed by atoms with Crippen LogP contribution >= 0.6 is 0 Å². The molecule has 34 heavy (non-hydrogen) atoms. The van der Waals surface area contributed by atoms with E-state index in [4.69, 9.17) is 14.3 Å². The monoisotopic (exact) mass is 461 g/mol. The number of imide groups is 1. The highest BCUT2D eigenvalue weighted by molar-refractivity contribution is 6.02. The Morgan fingerprint density at radius 3 is 1.76 bits per heavy atom. The molecule has 0 spiro atoms. The van der Waals surface area contributed by atoms with Gasteiger partial charge in [-0.15, -0.1) is 5.06 Å². The highest BCUT2D eigenvalue weighted by atomic mass is 16.7. The van der Waals surface area contributed by atoms with Gasteiger partial charge in [0.15, 0.2) is 0 Å². The first-order valence-electron chi connectivity index (χ1n) is 10.6. The van der Waals surface area contributed by atoms with Gasteiger partial charge in [-0.05, 0) is 53.1 Å². The number of ether oxygens (including phenoxy) is 2. The molecule has 0 aliphatic carbocycles. The molecule has 0 saturated carbocycles. The average molecular weight is 461 g/mol. The first-order valence-corrected chi connectivity index (χ1v) is 10.6. The fourth-order valence-electron chi connectivity index (χ4n) is 3.83. The minimum Gasteiger partial charge on any atom is -0.497 e. The maximum absolute atomic E-state index is 12.7. The summed E-state index contributed by atoms with van der Waals surface area (Å²) in [6, 6.07) is 20.1. The molecule has 0 aromatic heterocycles. The summed E-state index contributed by atoms with van der Waals surface area (Å²) in [7, 11) is 3.10. The first kappa shape index (κ1) is 23.0. The smallest absolute Gasteiger partial charge is 0.363 e. The number of rotatable bonds is 7. The van der Waals surface area contributed by atoms with Crippen LogP contribution in [-0.4, -0.2) is 42.2 Å². The van der Waals surface area contributed by atoms with Crippen molar-refractivity contribution in [3.8, 4) is 11.5 Å². The quantitative estimate of drug-likeness (QED) is 0.426. The molecule has 1 fully saturated rings. The van der Waals surface area contributed by atoms with Crippen LogP contribution in [0, 0.1) is 0 Å². The van der Waals surface area contributed by atoms with Gasteiger partial charge in [0.05, 0.1) is 19.8 Å². The van der Waals surface area contributed by atoms with Crippen molar-refractivity contribution in [1.82, 2.24) is 5.06 Å². The third-order valence-electron chi connectivity index (χ3n) is 5.71. The molecule has 1 aliphatic heterocycles. The van der Waals surface area contributed by atoms with Gasteiger partial charge in [0.1, 0.15) is 17.1 Å². The number of hydroxylamine groups is 2. The van der Waals surface area contributed by atoms with Crippen molar-refractivity contribution in [2.24, 2.45) is 0 Å². The van der Waals surface area contributed by atoms with Gasteiger partial charge in [-0.3, -0.25) is 9.59 Å². The highest BCUT2D eigenvalue weighted by Crippen LogP contribution is 2.38. The van der Waals surface area contributed by atoms with Gasteiger partial charge in [-0.2, -0.15) is 0 Å². The van der Waals surface area contributed by atoms with E-state index in [-0.39, 0.29) is 18.4 Å². The van der Waals surface area contributed by atoms with Crippen molar-refractivity contribution in [1.29, 1.82) is 0 Å². The van der Waals surface area contributed by atoms with E-state index in [2.05, 4.69) is 0 Å². The minimum absolute atomic E-state index is 0.000837. The number of carbonyl (C=O) groups excluding carboxylic acids is 3. The maximum atomic E-state index is 12.7. The van der Waals surface area contributed by atoms with E-state index in [9.17, 15) is 19.5 Å². The fourth-order valence-corrected chi connectivity index (χ4v) is 3.83. The van der Waals surface area contributed by atoms with E-state index in [1.165, 1.54) is 12.1 Å². The Kier molecular flexibility index (Phi) is 6.34. The number of methoxy groups -OCH3 is 2. The molecule has 8 nitrogen and oxygen atoms in total. The average Bonchev–Trinajstić information content (AvgIpc) is 3.20. The summed E-state index contributed by atoms with van der Waals surface area (Å²) in [6.45, 7) is 0. The number of amides is 2. The SMILES string of the molecule is COc1ccc(C(O)(c2ccc(OC)cc2)c2cccc(C(=O)ON3C(=O)CCC3=O)c2)cc1. The van der Waals surface area contributed by atoms with Crippen LogP contribution in [0.15, 0.2) is 72.8 Å². The lowest BCUT2D eigenvalue weighted by molar-refractivity contribution is -0.172. The second-order valence-corrected chi connectivity index (χ2v) is 7.71. The predicted molar refractivity (Wildman–Crippen MR) is 121 cm³/mol. The Bertz CT molecular complexity index is 1160. The summed E-state index contributed by atoms with van der Waals surface area (Å²) in [5, 5.41) is 12.6. The molecule has 1 aliphatic rings. The molecule has 4 rings (SSSR count). The van der Waals surface area contributed by atoms with E-state index in [1.807, 2.05) is 0 Å². The molecule has 1 heterocycles. The topological polar surface area (TPSA) is 102 Å². The predicted octanol–water partition coefficient (Wildman–Crippen LogP) is 3.21. The Labute approximate surface area is 196 Å². The zero-order valence-corrected chi connectivity index (χ0v) is 18.7. The lowest BCUT2D eigenvalue weighted by atomic mass is 9.80. The van der Waals surface area contributed by atoms with Gasteiger partial charge in [0.25, 0.3) is 11.8 Å². The van der Waals surface area contributed by atoms with Gasteiger partial charge < -0.3 is 19.4 Å². The minimum atomic E-state index is -1.64. The molecule has 1 saturated heterocycles. The van der Waals surface area contributed by atoms with E-state index in [0.717, 1.165) is 0 Å². The molecule has 0 unspecified atom stereocenters. The molecule has 1 N–H and O–H groups in total. The van der Waals surface area contributed by atoms with Crippen molar-refractivity contribution in [3.63, 3.8) is 0 Å². The van der Waals surface area contributed by atoms with Crippen LogP contribution in [0.4, 0.5) is 0 Å². The Morgan fingerprint density at radius 1 is 0.794 bits per heavy atom. The van der Waals surface area contributed by atoms with Gasteiger partial charge >= 0.3 is 5.97 Å². The third kappa shape index (κ3) is 4.23. The Morgan fingerprint density at radius 2 is 1.29 bits per heavy atom. The van der Waals surface area contributed by atoms with Crippen LogP contribution in [0.1, 0.15) is 39.9 Å². The Balaban J connectivity index is 1.76. The van der Waals surface area contributed by atoms with Crippen LogP contribution in [0.5, 0.6) is 11.5 Å². The molecular weight excluding hydrogens is 438 g/mol. The van der Waals surface area contributed by atoms with E-state index in [1.54, 1.807) is 74.9 Å². The summed E-state index contributed by atoms with van der Waals surface area (Å²) in [5.41, 5.74) is -0.113. The van der Waals surface area contributed by atoms with Gasteiger partial charge in [0.2, 0.25) is 0 Å². The van der Waals surface area contributed by atoms with E-state index in [0.29, 0.717) is 33.3 Å². The molecule has 3 aromatic rings. The van der Waals surface area contributed by atoms with Crippen LogP contribution in [0.3, 0.4) is 0 Å². The second-order valence-electron chi connectivity index (χ2n) is 7.71. The number of carbonyl (C=O) groups is 3. The standard InChI is InChI=1S/C26H23NO7/c1-32-21-10-6-18(7-11-21)26(31,19-8-12-22(33-2)13-9-19)20-5-3-4-17(16-20)25(30)34-27-23(28)14-15-24(27)29/h3-13,16,31H,14-15H2,1-2H3. The second kappa shape index (κ2) is 9.36. The molecule has 8 heteroatoms. The van der Waals surface area contributed by atoms with E-state index >= 15 is 0 Å². The molecule has 3 aromatic carbocycles. The Hall–Kier alpha value is -4.17. The van der Waals surface area contributed by atoms with Gasteiger partial charge in [-0.25, -0.2) is 4.79 Å². The molecular formula is C26H23NO7. The summed E-state index contributed by atoms with van der Waals surface area (Å²) in [6.07, 6.45) is 0.00167. The van der Waals surface area contributed by atoms with Crippen LogP contribution < -0.4 is 9.47 Å². The van der Waals surface area contributed by atoms with Crippen molar-refractivity contribution in [2.75, 3.05) is 14.2 Å². The van der Waals surface area contributed by atoms with E-state index < -0.39 is 23.4 Å². The van der Waals surface area contributed by atoms with Gasteiger partial charge in [-0.1, -0.05) is 36.4 Å². The molecule has 2 amide bonds. The molecule has 0 radical (unpaired) electrons. The van der Waals surface area contributed by atoms with Crippen molar-refractivity contribution >= 4 is 17.8 Å². The number of hydrogen-bond acceptors (Lipinski definition) is 7. The lowest BCUT2D eigenvalue weighted by Gasteiger charge is -2.30. The third-order valence-corrected chi connectivity index (χ3v) is 5.71. The molecule has 174 valence electrons. The summed E-state index contributed by atoms with van der Waals surface area (Å²) in [4.78, 5) is 41.4.